The van der Waals surface area contributed by atoms with Gasteiger partial charge >= 0.3 is 11.9 Å². The summed E-state index contributed by atoms with van der Waals surface area (Å²) in [5.41, 5.74) is 0.752. The zero-order chi connectivity index (χ0) is 13.5. The molecule has 96 valence electrons. The van der Waals surface area contributed by atoms with Gasteiger partial charge in [0, 0.05) is 5.69 Å². The minimum absolute atomic E-state index is 0.278. The molecule has 18 heavy (non-hydrogen) atoms. The van der Waals surface area contributed by atoms with Crippen LogP contribution in [0.2, 0.25) is 0 Å². The first-order chi connectivity index (χ1) is 8.58. The van der Waals surface area contributed by atoms with E-state index in [1.165, 1.54) is 24.3 Å². The molecule has 0 radical (unpaired) electrons. The minimum atomic E-state index is -1.11. The number of aliphatic carboxylic acids is 1. The first kappa shape index (κ1) is 13.7. The molecule has 0 aliphatic carbocycles. The summed E-state index contributed by atoms with van der Waals surface area (Å²) in [6.45, 7) is 1.55. The van der Waals surface area contributed by atoms with Crippen molar-refractivity contribution < 1.29 is 24.2 Å². The third kappa shape index (κ3) is 3.58. The number of carbonyl (C=O) groups is 3. The summed E-state index contributed by atoms with van der Waals surface area (Å²) in [5.74, 6) is -1.57. The summed E-state index contributed by atoms with van der Waals surface area (Å²) in [6.07, 6.45) is 0.424. The third-order valence-corrected chi connectivity index (χ3v) is 2.14. The van der Waals surface area contributed by atoms with Crippen LogP contribution in [0.4, 0.5) is 5.69 Å². The van der Waals surface area contributed by atoms with E-state index >= 15 is 0 Å². The van der Waals surface area contributed by atoms with Crippen molar-refractivity contribution in [3.8, 4) is 0 Å². The van der Waals surface area contributed by atoms with Gasteiger partial charge in [0.15, 0.2) is 0 Å². The molecule has 1 N–H and O–H groups in total. The second-order valence-corrected chi connectivity index (χ2v) is 3.39. The second-order valence-electron chi connectivity index (χ2n) is 3.39. The molecule has 0 aliphatic heterocycles. The molecule has 6 heteroatoms. The smallest absolute Gasteiger partial charge is 0.338 e. The third-order valence-electron chi connectivity index (χ3n) is 2.14. The zero-order valence-electron chi connectivity index (χ0n) is 9.83. The van der Waals surface area contributed by atoms with E-state index in [4.69, 9.17) is 9.84 Å². The number of hydrogen-bond donors (Lipinski definition) is 1. The Morgan fingerprint density at radius 3 is 2.39 bits per heavy atom. The number of amides is 1. The lowest BCUT2D eigenvalue weighted by Crippen LogP contribution is -2.28. The van der Waals surface area contributed by atoms with Crippen LogP contribution >= 0.6 is 0 Å². The Kier molecular flexibility index (Phi) is 4.86. The van der Waals surface area contributed by atoms with Gasteiger partial charge in [-0.3, -0.25) is 9.59 Å². The van der Waals surface area contributed by atoms with Gasteiger partial charge in [-0.15, -0.1) is 0 Å². The molecule has 0 saturated carbocycles. The molecule has 1 rings (SSSR count). The van der Waals surface area contributed by atoms with Crippen molar-refractivity contribution in [2.24, 2.45) is 0 Å². The lowest BCUT2D eigenvalue weighted by Gasteiger charge is -2.14. The molecule has 0 aromatic heterocycles. The van der Waals surface area contributed by atoms with Gasteiger partial charge in [0.25, 0.3) is 0 Å². The summed E-state index contributed by atoms with van der Waals surface area (Å²) in [6, 6.07) is 5.94. The molecule has 0 bridgehead atoms. The first-order valence-corrected chi connectivity index (χ1v) is 5.29. The minimum Gasteiger partial charge on any atom is -0.480 e. The molecule has 1 aromatic rings. The van der Waals surface area contributed by atoms with Crippen LogP contribution in [-0.2, 0) is 14.3 Å². The highest BCUT2D eigenvalue weighted by Crippen LogP contribution is 2.14. The number of hydrogen-bond acceptors (Lipinski definition) is 4. The van der Waals surface area contributed by atoms with E-state index in [-0.39, 0.29) is 6.61 Å². The summed E-state index contributed by atoms with van der Waals surface area (Å²) in [5, 5.41) is 8.61. The van der Waals surface area contributed by atoms with Crippen LogP contribution in [0.1, 0.15) is 17.3 Å². The van der Waals surface area contributed by atoms with Crippen molar-refractivity contribution in [1.29, 1.82) is 0 Å². The fourth-order valence-corrected chi connectivity index (χ4v) is 1.34. The molecular weight excluding hydrogens is 238 g/mol. The maximum atomic E-state index is 11.4. The number of ether oxygens (including phenoxy) is 1. The van der Waals surface area contributed by atoms with Crippen LogP contribution in [-0.4, -0.2) is 36.6 Å². The molecule has 0 atom stereocenters. The zero-order valence-corrected chi connectivity index (χ0v) is 9.83. The van der Waals surface area contributed by atoms with Crippen LogP contribution in [0.5, 0.6) is 0 Å². The topological polar surface area (TPSA) is 83.9 Å². The number of rotatable bonds is 6. The Balaban J connectivity index is 2.83. The number of carboxylic acids is 1. The number of anilines is 1. The van der Waals surface area contributed by atoms with E-state index in [1.54, 1.807) is 6.92 Å². The summed E-state index contributed by atoms with van der Waals surface area (Å²) in [7, 11) is 0. The van der Waals surface area contributed by atoms with E-state index in [1.807, 2.05) is 0 Å². The number of carboxylic acid groups (broad SMARTS) is 1. The molecule has 0 aliphatic rings. The SMILES string of the molecule is CCOC(=O)c1ccc(N(C=O)CC(=O)O)cc1. The summed E-state index contributed by atoms with van der Waals surface area (Å²) >= 11 is 0. The fourth-order valence-electron chi connectivity index (χ4n) is 1.34. The Bertz CT molecular complexity index is 440. The van der Waals surface area contributed by atoms with Crippen molar-refractivity contribution in [3.05, 3.63) is 29.8 Å². The number of benzene rings is 1. The van der Waals surface area contributed by atoms with Crippen molar-refractivity contribution in [3.63, 3.8) is 0 Å². The lowest BCUT2D eigenvalue weighted by atomic mass is 10.2. The number of esters is 1. The Labute approximate surface area is 104 Å². The molecule has 0 unspecified atom stereocenters. The van der Waals surface area contributed by atoms with Crippen LogP contribution in [0.15, 0.2) is 24.3 Å². The Hall–Kier alpha value is -2.37. The Morgan fingerprint density at radius 1 is 1.33 bits per heavy atom. The van der Waals surface area contributed by atoms with Gasteiger partial charge in [-0.25, -0.2) is 4.79 Å². The highest BCUT2D eigenvalue weighted by atomic mass is 16.5. The van der Waals surface area contributed by atoms with Crippen molar-refractivity contribution in [1.82, 2.24) is 0 Å². The van der Waals surface area contributed by atoms with Gasteiger partial charge in [0.1, 0.15) is 6.54 Å². The Morgan fingerprint density at radius 2 is 1.94 bits per heavy atom. The molecule has 0 fully saturated rings. The summed E-state index contributed by atoms with van der Waals surface area (Å²) < 4.78 is 4.80. The first-order valence-electron chi connectivity index (χ1n) is 5.29. The maximum Gasteiger partial charge on any atom is 0.338 e. The predicted molar refractivity (Wildman–Crippen MR) is 63.4 cm³/mol. The van der Waals surface area contributed by atoms with Crippen LogP contribution in [0.25, 0.3) is 0 Å². The fraction of sp³-hybridized carbons (Fsp3) is 0.250. The molecule has 1 amide bonds. The second kappa shape index (κ2) is 6.39. The van der Waals surface area contributed by atoms with Crippen LogP contribution in [0.3, 0.4) is 0 Å². The summed E-state index contributed by atoms with van der Waals surface area (Å²) in [4.78, 5) is 33.7. The molecule has 0 spiro atoms. The van der Waals surface area contributed by atoms with Crippen LogP contribution < -0.4 is 4.90 Å². The molecule has 6 nitrogen and oxygen atoms in total. The monoisotopic (exact) mass is 251 g/mol. The van der Waals surface area contributed by atoms with Crippen molar-refractivity contribution >= 4 is 24.0 Å². The van der Waals surface area contributed by atoms with Crippen molar-refractivity contribution in [2.75, 3.05) is 18.1 Å². The molecule has 0 heterocycles. The van der Waals surface area contributed by atoms with Gasteiger partial charge in [-0.2, -0.15) is 0 Å². The quantitative estimate of drug-likeness (QED) is 0.600. The van der Waals surface area contributed by atoms with Crippen LogP contribution in [0, 0.1) is 0 Å². The lowest BCUT2D eigenvalue weighted by molar-refractivity contribution is -0.136. The van der Waals surface area contributed by atoms with Gasteiger partial charge in [-0.1, -0.05) is 0 Å². The molecule has 0 saturated heterocycles. The standard InChI is InChI=1S/C12H13NO5/c1-2-18-12(17)9-3-5-10(6-4-9)13(8-14)7-11(15)16/h3-6,8H,2,7H2,1H3,(H,15,16). The highest BCUT2D eigenvalue weighted by molar-refractivity contribution is 5.91. The van der Waals surface area contributed by atoms with Crippen molar-refractivity contribution in [2.45, 2.75) is 6.92 Å². The predicted octanol–water partition coefficient (Wildman–Crippen LogP) is 0.911. The average Bonchev–Trinajstić information content (AvgIpc) is 2.36. The molecular formula is C12H13NO5. The highest BCUT2D eigenvalue weighted by Gasteiger charge is 2.11. The van der Waals surface area contributed by atoms with E-state index in [0.29, 0.717) is 17.7 Å². The number of carbonyl (C=O) groups excluding carboxylic acids is 2. The van der Waals surface area contributed by atoms with Gasteiger partial charge in [0.05, 0.1) is 12.2 Å². The number of nitrogens with zero attached hydrogens (tertiary/aromatic N) is 1. The van der Waals surface area contributed by atoms with E-state index in [9.17, 15) is 14.4 Å². The van der Waals surface area contributed by atoms with E-state index < -0.39 is 18.5 Å². The maximum absolute atomic E-state index is 11.4. The molecule has 1 aromatic carbocycles. The van der Waals surface area contributed by atoms with E-state index in [2.05, 4.69) is 0 Å². The van der Waals surface area contributed by atoms with Gasteiger partial charge in [-0.05, 0) is 31.2 Å². The van der Waals surface area contributed by atoms with Gasteiger partial charge < -0.3 is 14.7 Å². The average molecular weight is 251 g/mol. The van der Waals surface area contributed by atoms with Gasteiger partial charge in [0.2, 0.25) is 6.41 Å². The van der Waals surface area contributed by atoms with E-state index in [0.717, 1.165) is 4.90 Å². The largest absolute Gasteiger partial charge is 0.480 e. The normalized spacial score (nSPS) is 9.61.